The Balaban J connectivity index is 2.12. The van der Waals surface area contributed by atoms with Crippen LogP contribution in [0.1, 0.15) is 18.4 Å². The number of carbonyl (C=O) groups excluding carboxylic acids is 1. The first-order valence-corrected chi connectivity index (χ1v) is 7.05. The summed E-state index contributed by atoms with van der Waals surface area (Å²) in [6.07, 6.45) is 5.29. The van der Waals surface area contributed by atoms with Crippen molar-refractivity contribution in [3.63, 3.8) is 0 Å². The van der Waals surface area contributed by atoms with Crippen LogP contribution in [0, 0.1) is 0 Å². The predicted octanol–water partition coefficient (Wildman–Crippen LogP) is 2.31. The van der Waals surface area contributed by atoms with E-state index in [-0.39, 0.29) is 11.9 Å². The number of hydrogen-bond acceptors (Lipinski definition) is 3. The second kappa shape index (κ2) is 6.77. The summed E-state index contributed by atoms with van der Waals surface area (Å²) in [5.74, 6) is 0.676. The lowest BCUT2D eigenvalue weighted by Gasteiger charge is -2.21. The molecule has 20 heavy (non-hydrogen) atoms. The molecule has 1 amide bonds. The smallest absolute Gasteiger partial charge is 0.246 e. The lowest BCUT2D eigenvalue weighted by Crippen LogP contribution is -2.38. The largest absolute Gasteiger partial charge is 0.496 e. The summed E-state index contributed by atoms with van der Waals surface area (Å²) in [6.45, 7) is 1.29. The van der Waals surface area contributed by atoms with Crippen molar-refractivity contribution >= 4 is 23.6 Å². The predicted molar refractivity (Wildman–Crippen MR) is 80.8 cm³/mol. The van der Waals surface area contributed by atoms with Crippen LogP contribution in [0.5, 0.6) is 5.75 Å². The molecule has 0 saturated carbocycles. The highest BCUT2D eigenvalue weighted by atomic mass is 35.5. The van der Waals surface area contributed by atoms with Gasteiger partial charge in [0.05, 0.1) is 7.11 Å². The van der Waals surface area contributed by atoms with Gasteiger partial charge in [-0.15, -0.1) is 0 Å². The van der Waals surface area contributed by atoms with Gasteiger partial charge in [0.1, 0.15) is 5.75 Å². The highest BCUT2D eigenvalue weighted by Crippen LogP contribution is 2.24. The number of ether oxygens (including phenoxy) is 1. The van der Waals surface area contributed by atoms with Gasteiger partial charge in [0.15, 0.2) is 0 Å². The van der Waals surface area contributed by atoms with Crippen LogP contribution in [0.4, 0.5) is 0 Å². The Morgan fingerprint density at radius 1 is 1.60 bits per heavy atom. The van der Waals surface area contributed by atoms with Crippen LogP contribution in [0.3, 0.4) is 0 Å². The maximum Gasteiger partial charge on any atom is 0.246 e. The van der Waals surface area contributed by atoms with Crippen LogP contribution in [0.25, 0.3) is 6.08 Å². The molecule has 2 rings (SSSR count). The summed E-state index contributed by atoms with van der Waals surface area (Å²) >= 11 is 5.96. The van der Waals surface area contributed by atoms with Gasteiger partial charge in [0.25, 0.3) is 0 Å². The van der Waals surface area contributed by atoms with Gasteiger partial charge in [-0.3, -0.25) is 4.79 Å². The van der Waals surface area contributed by atoms with Gasteiger partial charge < -0.3 is 15.4 Å². The Labute approximate surface area is 124 Å². The highest BCUT2D eigenvalue weighted by Gasteiger charge is 2.25. The number of nitrogens with two attached hydrogens (primary N) is 1. The minimum Gasteiger partial charge on any atom is -0.496 e. The SMILES string of the molecule is COc1ccc(Cl)cc1C=CC(=O)N1CCCC1CN. The van der Waals surface area contributed by atoms with Crippen LogP contribution in [0.15, 0.2) is 24.3 Å². The normalized spacial score (nSPS) is 18.8. The molecule has 1 aromatic carbocycles. The molecule has 1 heterocycles. The number of benzene rings is 1. The van der Waals surface area contributed by atoms with E-state index in [9.17, 15) is 4.79 Å². The van der Waals surface area contributed by atoms with Gasteiger partial charge in [-0.25, -0.2) is 0 Å². The van der Waals surface area contributed by atoms with E-state index in [1.165, 1.54) is 0 Å². The molecule has 1 aliphatic heterocycles. The number of nitrogens with zero attached hydrogens (tertiary/aromatic N) is 1. The molecule has 0 spiro atoms. The molecule has 1 aromatic rings. The van der Waals surface area contributed by atoms with Crippen molar-refractivity contribution < 1.29 is 9.53 Å². The Hall–Kier alpha value is -1.52. The first-order valence-electron chi connectivity index (χ1n) is 6.68. The summed E-state index contributed by atoms with van der Waals surface area (Å²) in [5.41, 5.74) is 6.47. The molecule has 0 bridgehead atoms. The Kier molecular flexibility index (Phi) is 5.04. The van der Waals surface area contributed by atoms with Crippen LogP contribution < -0.4 is 10.5 Å². The highest BCUT2D eigenvalue weighted by molar-refractivity contribution is 6.30. The minimum atomic E-state index is -0.0139. The maximum atomic E-state index is 12.2. The van der Waals surface area contributed by atoms with Crippen molar-refractivity contribution in [3.8, 4) is 5.75 Å². The van der Waals surface area contributed by atoms with Crippen molar-refractivity contribution in [1.29, 1.82) is 0 Å². The van der Waals surface area contributed by atoms with E-state index in [0.717, 1.165) is 24.9 Å². The van der Waals surface area contributed by atoms with Crippen LogP contribution in [-0.4, -0.2) is 37.0 Å². The fourth-order valence-electron chi connectivity index (χ4n) is 2.46. The molecule has 0 aliphatic carbocycles. The van der Waals surface area contributed by atoms with E-state index in [1.54, 1.807) is 37.5 Å². The molecule has 0 aromatic heterocycles. The number of rotatable bonds is 4. The van der Waals surface area contributed by atoms with E-state index in [0.29, 0.717) is 17.3 Å². The summed E-state index contributed by atoms with van der Waals surface area (Å²) in [6, 6.07) is 5.47. The Bertz CT molecular complexity index is 517. The minimum absolute atomic E-state index is 0.0139. The molecule has 1 unspecified atom stereocenters. The summed E-state index contributed by atoms with van der Waals surface area (Å²) in [4.78, 5) is 14.0. The molecule has 2 N–H and O–H groups in total. The third-order valence-electron chi connectivity index (χ3n) is 3.53. The summed E-state index contributed by atoms with van der Waals surface area (Å²) < 4.78 is 5.25. The molecule has 1 atom stereocenters. The topological polar surface area (TPSA) is 55.6 Å². The third kappa shape index (κ3) is 3.32. The molecular formula is C15H19ClN2O2. The zero-order valence-corrected chi connectivity index (χ0v) is 12.3. The van der Waals surface area contributed by atoms with Crippen LogP contribution in [0.2, 0.25) is 5.02 Å². The van der Waals surface area contributed by atoms with Crippen molar-refractivity contribution in [3.05, 3.63) is 34.9 Å². The second-order valence-corrected chi connectivity index (χ2v) is 5.22. The summed E-state index contributed by atoms with van der Waals surface area (Å²) in [7, 11) is 1.59. The number of amides is 1. The second-order valence-electron chi connectivity index (χ2n) is 4.78. The van der Waals surface area contributed by atoms with Gasteiger partial charge in [0, 0.05) is 35.8 Å². The van der Waals surface area contributed by atoms with Crippen LogP contribution in [-0.2, 0) is 4.79 Å². The van der Waals surface area contributed by atoms with Gasteiger partial charge in [-0.1, -0.05) is 11.6 Å². The van der Waals surface area contributed by atoms with E-state index in [4.69, 9.17) is 22.1 Å². The lowest BCUT2D eigenvalue weighted by atomic mass is 10.1. The molecule has 1 fully saturated rings. The zero-order valence-electron chi connectivity index (χ0n) is 11.5. The number of methoxy groups -OCH3 is 1. The fourth-order valence-corrected chi connectivity index (χ4v) is 2.64. The number of halogens is 1. The van der Waals surface area contributed by atoms with Crippen molar-refractivity contribution in [1.82, 2.24) is 4.90 Å². The summed E-state index contributed by atoms with van der Waals surface area (Å²) in [5, 5.41) is 0.610. The fraction of sp³-hybridized carbons (Fsp3) is 0.400. The van der Waals surface area contributed by atoms with Crippen molar-refractivity contribution in [2.24, 2.45) is 5.73 Å². The van der Waals surface area contributed by atoms with E-state index in [1.807, 2.05) is 4.90 Å². The molecule has 5 heteroatoms. The van der Waals surface area contributed by atoms with Crippen molar-refractivity contribution in [2.75, 3.05) is 20.2 Å². The molecule has 4 nitrogen and oxygen atoms in total. The van der Waals surface area contributed by atoms with Gasteiger partial charge in [0.2, 0.25) is 5.91 Å². The van der Waals surface area contributed by atoms with E-state index in [2.05, 4.69) is 0 Å². The van der Waals surface area contributed by atoms with Crippen molar-refractivity contribution in [2.45, 2.75) is 18.9 Å². The molecule has 1 aliphatic rings. The van der Waals surface area contributed by atoms with Gasteiger partial charge >= 0.3 is 0 Å². The Morgan fingerprint density at radius 3 is 3.10 bits per heavy atom. The first-order chi connectivity index (χ1) is 9.65. The first kappa shape index (κ1) is 14.9. The third-order valence-corrected chi connectivity index (χ3v) is 3.76. The van der Waals surface area contributed by atoms with Gasteiger partial charge in [-0.05, 0) is 37.1 Å². The van der Waals surface area contributed by atoms with E-state index >= 15 is 0 Å². The monoisotopic (exact) mass is 294 g/mol. The molecular weight excluding hydrogens is 276 g/mol. The zero-order chi connectivity index (χ0) is 14.5. The standard InChI is InChI=1S/C15H19ClN2O2/c1-20-14-6-5-12(16)9-11(14)4-7-15(19)18-8-2-3-13(18)10-17/h4-7,9,13H,2-3,8,10,17H2,1H3. The molecule has 108 valence electrons. The van der Waals surface area contributed by atoms with Crippen LogP contribution >= 0.6 is 11.6 Å². The van der Waals surface area contributed by atoms with E-state index < -0.39 is 0 Å². The molecule has 0 radical (unpaired) electrons. The number of carbonyl (C=O) groups is 1. The maximum absolute atomic E-state index is 12.2. The Morgan fingerprint density at radius 2 is 2.40 bits per heavy atom. The number of hydrogen-bond donors (Lipinski definition) is 1. The number of likely N-dealkylation sites (tertiary alicyclic amines) is 1. The average molecular weight is 295 g/mol. The lowest BCUT2D eigenvalue weighted by molar-refractivity contribution is -0.126. The molecule has 1 saturated heterocycles. The average Bonchev–Trinajstić information content (AvgIpc) is 2.93. The quantitative estimate of drug-likeness (QED) is 0.867. The van der Waals surface area contributed by atoms with Gasteiger partial charge in [-0.2, -0.15) is 0 Å².